The van der Waals surface area contributed by atoms with Crippen molar-refractivity contribution in [3.63, 3.8) is 0 Å². The Hall–Kier alpha value is 0.702. The maximum Gasteiger partial charge on any atom is 0.643 e. The molecule has 0 heterocycles. The first kappa shape index (κ1) is 15.7. The van der Waals surface area contributed by atoms with Gasteiger partial charge in [-0.2, -0.15) is 0 Å². The summed E-state index contributed by atoms with van der Waals surface area (Å²) in [7, 11) is 14.8. The lowest BCUT2D eigenvalue weighted by molar-refractivity contribution is 0.101. The van der Waals surface area contributed by atoms with E-state index in [1.54, 1.807) is 12.1 Å². The highest BCUT2D eigenvalue weighted by molar-refractivity contribution is 9.10. The van der Waals surface area contributed by atoms with E-state index in [2.05, 4.69) is 15.9 Å². The fourth-order valence-electron chi connectivity index (χ4n) is 0.776. The third-order valence-electron chi connectivity index (χ3n) is 1.33. The molecule has 0 saturated carbocycles. The first-order chi connectivity index (χ1) is 6.86. The zero-order chi connectivity index (χ0) is 12.0. The minimum absolute atomic E-state index is 0.124. The zero-order valence-electron chi connectivity index (χ0n) is 7.61. The lowest BCUT2D eigenvalue weighted by atomic mass is 10.1. The summed E-state index contributed by atoms with van der Waals surface area (Å²) in [5.74, 6) is -0.746. The number of ketones is 1. The molecule has 0 unspecified atom stereocenters. The van der Waals surface area contributed by atoms with Crippen LogP contribution in [0.5, 0.6) is 0 Å². The second kappa shape index (κ2) is 7.89. The average molecular weight is 350 g/mol. The fraction of sp³-hybridized carbons (Fsp3) is 0.125. The van der Waals surface area contributed by atoms with Gasteiger partial charge in [-0.1, -0.05) is 6.07 Å². The number of hydrogen-bond donors (Lipinski definition) is 0. The summed E-state index contributed by atoms with van der Waals surface area (Å²) in [6.07, 6.45) is 0. The quantitative estimate of drug-likeness (QED) is 0.539. The van der Waals surface area contributed by atoms with Crippen LogP contribution in [0.1, 0.15) is 17.3 Å². The minimum atomic E-state index is -1.72. The molecule has 0 N–H and O–H groups in total. The van der Waals surface area contributed by atoms with Gasteiger partial charge in [0.15, 0.2) is 5.78 Å². The number of carbonyl (C=O) groups excluding carboxylic acids is 1. The summed E-state index contributed by atoms with van der Waals surface area (Å²) in [5, 5.41) is 0. The Balaban J connectivity index is 0.000000423. The third kappa shape index (κ3) is 6.78. The van der Waals surface area contributed by atoms with Crippen molar-refractivity contribution in [2.24, 2.45) is 0 Å². The Labute approximate surface area is 113 Å². The van der Waals surface area contributed by atoms with Gasteiger partial charge < -0.3 is 0 Å². The SMILES string of the molecule is CC(=O)c1cccc(Br)c1F.[Cl][Al]([Cl])[Cl]. The van der Waals surface area contributed by atoms with Gasteiger partial charge in [-0.25, -0.2) is 34.5 Å². The molecular formula is C8H6AlBrCl3FO. The Morgan fingerprint density at radius 2 is 1.87 bits per heavy atom. The summed E-state index contributed by atoms with van der Waals surface area (Å²) in [4.78, 5) is 10.8. The molecule has 0 aliphatic heterocycles. The third-order valence-corrected chi connectivity index (χ3v) is 1.94. The van der Waals surface area contributed by atoms with E-state index in [0.717, 1.165) is 0 Å². The molecule has 1 aromatic rings. The molecule has 1 aromatic carbocycles. The van der Waals surface area contributed by atoms with E-state index in [-0.39, 0.29) is 11.3 Å². The standard InChI is InChI=1S/C8H6BrFO.Al.3ClH/c1-5(11)6-3-2-4-7(9)8(6)10;;;;/h2-4H,1H3;;3*1H/q;+3;;;/p-3. The largest absolute Gasteiger partial charge is 0.643 e. The highest BCUT2D eigenvalue weighted by Gasteiger charge is 2.08. The molecule has 0 atom stereocenters. The molecular weight excluding hydrogens is 344 g/mol. The Morgan fingerprint density at radius 3 is 2.20 bits per heavy atom. The maximum atomic E-state index is 13.0. The van der Waals surface area contributed by atoms with Crippen molar-refractivity contribution in [2.45, 2.75) is 6.92 Å². The summed E-state index contributed by atoms with van der Waals surface area (Å²) in [6, 6.07) is 4.65. The number of hydrogen-bond acceptors (Lipinski definition) is 1. The van der Waals surface area contributed by atoms with E-state index < -0.39 is 17.2 Å². The lowest BCUT2D eigenvalue weighted by Gasteiger charge is -1.98. The van der Waals surface area contributed by atoms with Crippen LogP contribution in [0.15, 0.2) is 22.7 Å². The van der Waals surface area contributed by atoms with E-state index in [1.165, 1.54) is 13.0 Å². The summed E-state index contributed by atoms with van der Waals surface area (Å²) < 4.78 is 13.3. The van der Waals surface area contributed by atoms with Gasteiger partial charge in [-0.15, -0.1) is 0 Å². The molecule has 7 heteroatoms. The summed E-state index contributed by atoms with van der Waals surface area (Å²) in [5.41, 5.74) is 0.124. The van der Waals surface area contributed by atoms with Crippen molar-refractivity contribution in [2.75, 3.05) is 0 Å². The van der Waals surface area contributed by atoms with E-state index in [4.69, 9.17) is 30.1 Å². The highest BCUT2D eigenvalue weighted by Crippen LogP contribution is 2.18. The van der Waals surface area contributed by atoms with Crippen LogP contribution in [0, 0.1) is 5.82 Å². The van der Waals surface area contributed by atoms with Crippen LogP contribution in [0.3, 0.4) is 0 Å². The zero-order valence-corrected chi connectivity index (χ0v) is 12.6. The lowest BCUT2D eigenvalue weighted by Crippen LogP contribution is -1.96. The smallest absolute Gasteiger partial charge is 0.294 e. The van der Waals surface area contributed by atoms with Crippen molar-refractivity contribution in [1.82, 2.24) is 0 Å². The van der Waals surface area contributed by atoms with Gasteiger partial charge in [0.2, 0.25) is 0 Å². The van der Waals surface area contributed by atoms with Gasteiger partial charge in [-0.05, 0) is 35.0 Å². The number of rotatable bonds is 1. The molecule has 0 aromatic heterocycles. The van der Waals surface area contributed by atoms with Gasteiger partial charge in [0.1, 0.15) is 5.82 Å². The van der Waals surface area contributed by atoms with Crippen molar-refractivity contribution >= 4 is 63.2 Å². The monoisotopic (exact) mass is 348 g/mol. The van der Waals surface area contributed by atoms with Gasteiger partial charge in [0, 0.05) is 0 Å². The molecule has 1 nitrogen and oxygen atoms in total. The number of benzene rings is 1. The van der Waals surface area contributed by atoms with Crippen LogP contribution in [0.2, 0.25) is 0 Å². The Kier molecular flexibility index (Phi) is 8.26. The molecule has 0 bridgehead atoms. The highest BCUT2D eigenvalue weighted by atomic mass is 79.9. The second-order valence-corrected chi connectivity index (χ2v) is 9.69. The molecule has 82 valence electrons. The molecule has 1 rings (SSSR count). The Bertz CT molecular complexity index is 346. The fourth-order valence-corrected chi connectivity index (χ4v) is 1.14. The summed E-state index contributed by atoms with van der Waals surface area (Å²) >= 11 is 1.26. The van der Waals surface area contributed by atoms with Crippen LogP contribution in [0.25, 0.3) is 0 Å². The number of halogens is 5. The van der Waals surface area contributed by atoms with E-state index >= 15 is 0 Å². The van der Waals surface area contributed by atoms with E-state index in [9.17, 15) is 9.18 Å². The predicted octanol–water partition coefficient (Wildman–Crippen LogP) is 4.48. The first-order valence-corrected chi connectivity index (χ1v) is 9.76. The predicted molar refractivity (Wildman–Crippen MR) is 67.4 cm³/mol. The maximum absolute atomic E-state index is 13.0. The molecule has 0 radical (unpaired) electrons. The second-order valence-electron chi connectivity index (χ2n) is 2.41. The van der Waals surface area contributed by atoms with Crippen LogP contribution >= 0.6 is 46.1 Å². The van der Waals surface area contributed by atoms with Crippen LogP contribution in [-0.2, 0) is 0 Å². The van der Waals surface area contributed by atoms with Crippen molar-refractivity contribution in [3.8, 4) is 0 Å². The molecule has 0 aliphatic rings. The van der Waals surface area contributed by atoms with Crippen LogP contribution in [0.4, 0.5) is 4.39 Å². The molecule has 15 heavy (non-hydrogen) atoms. The first-order valence-electron chi connectivity index (χ1n) is 3.73. The topological polar surface area (TPSA) is 17.1 Å². The molecule has 0 aliphatic carbocycles. The van der Waals surface area contributed by atoms with Crippen molar-refractivity contribution in [3.05, 3.63) is 34.1 Å². The van der Waals surface area contributed by atoms with Gasteiger partial charge >= 0.3 is 11.4 Å². The minimum Gasteiger partial charge on any atom is -0.294 e. The molecule has 0 amide bonds. The Morgan fingerprint density at radius 1 is 1.40 bits per heavy atom. The molecule has 0 spiro atoms. The summed E-state index contributed by atoms with van der Waals surface area (Å²) in [6.45, 7) is 1.34. The molecule has 0 saturated heterocycles. The molecule has 0 fully saturated rings. The normalized spacial score (nSPS) is 8.93. The van der Waals surface area contributed by atoms with Crippen molar-refractivity contribution in [1.29, 1.82) is 0 Å². The van der Waals surface area contributed by atoms with Gasteiger partial charge in [-0.3, -0.25) is 4.79 Å². The number of carbonyl (C=O) groups is 1. The van der Waals surface area contributed by atoms with Crippen LogP contribution in [-0.4, -0.2) is 17.2 Å². The van der Waals surface area contributed by atoms with E-state index in [1.807, 2.05) is 0 Å². The number of Topliss-reactive ketones (excluding diaryl/α,β-unsaturated/α-hetero) is 1. The van der Waals surface area contributed by atoms with E-state index in [0.29, 0.717) is 4.47 Å². The van der Waals surface area contributed by atoms with Gasteiger partial charge in [0.25, 0.3) is 0 Å². The van der Waals surface area contributed by atoms with Gasteiger partial charge in [0.05, 0.1) is 10.0 Å². The van der Waals surface area contributed by atoms with Crippen LogP contribution < -0.4 is 0 Å². The van der Waals surface area contributed by atoms with Crippen molar-refractivity contribution < 1.29 is 9.18 Å². The average Bonchev–Trinajstić information content (AvgIpc) is 2.08.